The van der Waals surface area contributed by atoms with E-state index in [9.17, 15) is 19.1 Å². The molecule has 120 valence electrons. The van der Waals surface area contributed by atoms with Crippen molar-refractivity contribution in [2.24, 2.45) is 5.73 Å². The van der Waals surface area contributed by atoms with Gasteiger partial charge in [-0.05, 0) is 25.0 Å². The maximum Gasteiger partial charge on any atom is 0.260 e. The van der Waals surface area contributed by atoms with Crippen LogP contribution < -0.4 is 10.5 Å². The number of rotatable bonds is 4. The number of carbonyl (C=O) groups excluding carboxylic acids is 2. The van der Waals surface area contributed by atoms with Crippen molar-refractivity contribution >= 4 is 23.4 Å². The third kappa shape index (κ3) is 3.66. The lowest BCUT2D eigenvalue weighted by Gasteiger charge is -2.36. The van der Waals surface area contributed by atoms with Crippen LogP contribution in [0.25, 0.3) is 0 Å². The van der Waals surface area contributed by atoms with E-state index in [0.29, 0.717) is 13.0 Å². The highest BCUT2D eigenvalue weighted by Gasteiger charge is 2.40. The Kier molecular flexibility index (Phi) is 4.87. The van der Waals surface area contributed by atoms with Gasteiger partial charge in [0.05, 0.1) is 11.6 Å². The molecule has 1 heterocycles. The van der Waals surface area contributed by atoms with Gasteiger partial charge in [0, 0.05) is 12.6 Å². The van der Waals surface area contributed by atoms with Crippen molar-refractivity contribution in [1.82, 2.24) is 4.90 Å². The molecule has 1 saturated heterocycles. The van der Waals surface area contributed by atoms with Crippen molar-refractivity contribution in [3.05, 3.63) is 29.0 Å². The van der Waals surface area contributed by atoms with E-state index in [4.69, 9.17) is 22.1 Å². The van der Waals surface area contributed by atoms with E-state index in [1.807, 2.05) is 0 Å². The summed E-state index contributed by atoms with van der Waals surface area (Å²) in [5.74, 6) is -1.58. The molecule has 2 amide bonds. The number of nitrogens with two attached hydrogens (primary N) is 1. The Morgan fingerprint density at radius 1 is 1.50 bits per heavy atom. The molecular formula is C14H16ClFN2O4. The Morgan fingerprint density at radius 2 is 2.23 bits per heavy atom. The fourth-order valence-electron chi connectivity index (χ4n) is 2.25. The van der Waals surface area contributed by atoms with Crippen LogP contribution in [0, 0.1) is 5.82 Å². The van der Waals surface area contributed by atoms with Crippen LogP contribution in [0.15, 0.2) is 18.2 Å². The number of ether oxygens (including phenoxy) is 1. The molecule has 0 aromatic heterocycles. The fraction of sp³-hybridized carbons (Fsp3) is 0.429. The molecule has 1 fully saturated rings. The predicted octanol–water partition coefficient (Wildman–Crippen LogP) is 0.697. The summed E-state index contributed by atoms with van der Waals surface area (Å²) in [5, 5.41) is 9.95. The topological polar surface area (TPSA) is 92.9 Å². The monoisotopic (exact) mass is 330 g/mol. The third-order valence-electron chi connectivity index (χ3n) is 3.54. The predicted molar refractivity (Wildman–Crippen MR) is 76.9 cm³/mol. The number of β-amino-alcohol motifs (C(OH)–C–C–N with tert-alkyl or cyclic N) is 1. The zero-order valence-corrected chi connectivity index (χ0v) is 12.5. The number of hydrogen-bond donors (Lipinski definition) is 2. The van der Waals surface area contributed by atoms with Crippen LogP contribution in [0.1, 0.15) is 12.8 Å². The van der Waals surface area contributed by atoms with Crippen molar-refractivity contribution in [3.63, 3.8) is 0 Å². The van der Waals surface area contributed by atoms with Gasteiger partial charge in [0.1, 0.15) is 11.6 Å². The van der Waals surface area contributed by atoms with E-state index in [0.717, 1.165) is 6.07 Å². The highest BCUT2D eigenvalue weighted by Crippen LogP contribution is 2.23. The zero-order chi connectivity index (χ0) is 16.3. The molecule has 1 atom stereocenters. The zero-order valence-electron chi connectivity index (χ0n) is 11.7. The third-order valence-corrected chi connectivity index (χ3v) is 3.83. The number of benzene rings is 1. The number of nitrogens with zero attached hydrogens (tertiary/aromatic N) is 1. The van der Waals surface area contributed by atoms with Gasteiger partial charge in [0.25, 0.3) is 11.8 Å². The highest BCUT2D eigenvalue weighted by atomic mass is 35.5. The first-order valence-corrected chi connectivity index (χ1v) is 7.07. The van der Waals surface area contributed by atoms with Crippen LogP contribution in [0.2, 0.25) is 5.02 Å². The van der Waals surface area contributed by atoms with Crippen molar-refractivity contribution in [2.45, 2.75) is 18.4 Å². The molecule has 0 spiro atoms. The lowest BCUT2D eigenvalue weighted by Crippen LogP contribution is -2.57. The Bertz CT molecular complexity index is 598. The number of halogens is 2. The molecule has 1 aromatic carbocycles. The van der Waals surface area contributed by atoms with E-state index in [1.165, 1.54) is 17.0 Å². The van der Waals surface area contributed by atoms with Crippen molar-refractivity contribution in [2.75, 3.05) is 19.7 Å². The summed E-state index contributed by atoms with van der Waals surface area (Å²) >= 11 is 5.62. The van der Waals surface area contributed by atoms with Crippen molar-refractivity contribution in [3.8, 4) is 5.75 Å². The summed E-state index contributed by atoms with van der Waals surface area (Å²) in [6.45, 7) is -0.0620. The van der Waals surface area contributed by atoms with E-state index >= 15 is 0 Å². The van der Waals surface area contributed by atoms with Gasteiger partial charge in [0.2, 0.25) is 0 Å². The molecule has 0 aliphatic carbocycles. The van der Waals surface area contributed by atoms with Crippen LogP contribution in [0.4, 0.5) is 4.39 Å². The number of aliphatic hydroxyl groups is 1. The number of amides is 2. The minimum Gasteiger partial charge on any atom is -0.484 e. The molecule has 1 aliphatic rings. The van der Waals surface area contributed by atoms with Gasteiger partial charge in [-0.3, -0.25) is 9.59 Å². The van der Waals surface area contributed by atoms with Gasteiger partial charge in [0.15, 0.2) is 12.2 Å². The van der Waals surface area contributed by atoms with Crippen LogP contribution in [-0.4, -0.2) is 47.1 Å². The van der Waals surface area contributed by atoms with Crippen LogP contribution in [0.3, 0.4) is 0 Å². The number of primary amides is 1. The smallest absolute Gasteiger partial charge is 0.260 e. The molecule has 0 radical (unpaired) electrons. The number of piperidine rings is 1. The summed E-state index contributed by atoms with van der Waals surface area (Å²) in [4.78, 5) is 24.6. The summed E-state index contributed by atoms with van der Waals surface area (Å²) in [5.41, 5.74) is 3.45. The second kappa shape index (κ2) is 6.50. The van der Waals surface area contributed by atoms with Gasteiger partial charge in [-0.1, -0.05) is 11.6 Å². The Labute approximate surface area is 131 Å². The average Bonchev–Trinajstić information content (AvgIpc) is 2.48. The normalized spacial score (nSPS) is 21.5. The molecule has 1 aliphatic heterocycles. The van der Waals surface area contributed by atoms with E-state index in [2.05, 4.69) is 0 Å². The minimum absolute atomic E-state index is 0.106. The van der Waals surface area contributed by atoms with Crippen molar-refractivity contribution < 1.29 is 23.8 Å². The largest absolute Gasteiger partial charge is 0.484 e. The molecule has 8 heteroatoms. The standard InChI is InChI=1S/C14H16ClFN2O4/c15-10-6-9(2-3-11(10)16)22-7-12(19)18-5-1-4-14(21,8-18)13(17)20/h2-3,6,21H,1,4-5,7-8H2,(H2,17,20)/t14-/m1/s1. The van der Waals surface area contributed by atoms with E-state index in [-0.39, 0.29) is 30.3 Å². The number of hydrogen-bond acceptors (Lipinski definition) is 4. The lowest BCUT2D eigenvalue weighted by atomic mass is 9.92. The highest BCUT2D eigenvalue weighted by molar-refractivity contribution is 6.30. The second-order valence-corrected chi connectivity index (χ2v) is 5.59. The fourth-order valence-corrected chi connectivity index (χ4v) is 2.42. The van der Waals surface area contributed by atoms with Crippen LogP contribution in [0.5, 0.6) is 5.75 Å². The van der Waals surface area contributed by atoms with Gasteiger partial charge in [-0.25, -0.2) is 4.39 Å². The Morgan fingerprint density at radius 3 is 2.86 bits per heavy atom. The molecule has 0 unspecified atom stereocenters. The quantitative estimate of drug-likeness (QED) is 0.849. The van der Waals surface area contributed by atoms with E-state index < -0.39 is 23.2 Å². The molecule has 0 saturated carbocycles. The van der Waals surface area contributed by atoms with Crippen LogP contribution >= 0.6 is 11.6 Å². The summed E-state index contributed by atoms with van der Waals surface area (Å²) < 4.78 is 18.3. The SMILES string of the molecule is NC(=O)[C@@]1(O)CCCN(C(=O)COc2ccc(F)c(Cl)c2)C1. The summed E-state index contributed by atoms with van der Waals surface area (Å²) in [6.07, 6.45) is 0.689. The average molecular weight is 331 g/mol. The van der Waals surface area contributed by atoms with Crippen LogP contribution in [-0.2, 0) is 9.59 Å². The Hall–Kier alpha value is -1.86. The molecule has 0 bridgehead atoms. The van der Waals surface area contributed by atoms with Crippen molar-refractivity contribution in [1.29, 1.82) is 0 Å². The minimum atomic E-state index is -1.70. The summed E-state index contributed by atoms with van der Waals surface area (Å²) in [6, 6.07) is 3.75. The van der Waals surface area contributed by atoms with Gasteiger partial charge >= 0.3 is 0 Å². The first-order valence-electron chi connectivity index (χ1n) is 6.70. The Balaban J connectivity index is 1.94. The molecule has 22 heavy (non-hydrogen) atoms. The number of carbonyl (C=O) groups is 2. The summed E-state index contributed by atoms with van der Waals surface area (Å²) in [7, 11) is 0. The van der Waals surface area contributed by atoms with Gasteiger partial charge < -0.3 is 20.5 Å². The second-order valence-electron chi connectivity index (χ2n) is 5.18. The van der Waals surface area contributed by atoms with Gasteiger partial charge in [-0.15, -0.1) is 0 Å². The molecule has 2 rings (SSSR count). The first kappa shape index (κ1) is 16.5. The molecular weight excluding hydrogens is 315 g/mol. The first-order chi connectivity index (χ1) is 10.3. The van der Waals surface area contributed by atoms with E-state index in [1.54, 1.807) is 0 Å². The molecule has 6 nitrogen and oxygen atoms in total. The number of likely N-dealkylation sites (tertiary alicyclic amines) is 1. The maximum atomic E-state index is 13.0. The molecule has 1 aromatic rings. The lowest BCUT2D eigenvalue weighted by molar-refractivity contribution is -0.150. The molecule has 3 N–H and O–H groups in total. The maximum absolute atomic E-state index is 13.0. The van der Waals surface area contributed by atoms with Gasteiger partial charge in [-0.2, -0.15) is 0 Å².